The normalized spacial score (nSPS) is 11.7. The van der Waals surface area contributed by atoms with Crippen LogP contribution in [-0.2, 0) is 26.1 Å². The van der Waals surface area contributed by atoms with Gasteiger partial charge in [-0.2, -0.15) is 4.98 Å². The van der Waals surface area contributed by atoms with Crippen LogP contribution in [0.25, 0.3) is 16.9 Å². The van der Waals surface area contributed by atoms with E-state index in [-0.39, 0.29) is 41.5 Å². The molecular formula is C27H34FN5O4. The van der Waals surface area contributed by atoms with Crippen LogP contribution >= 0.6 is 0 Å². The molecule has 0 fully saturated rings. The van der Waals surface area contributed by atoms with Gasteiger partial charge in [-0.1, -0.05) is 52.2 Å². The molecule has 0 aliphatic heterocycles. The standard InChI is InChI=1S/C27H34FN5O4/c1-4-7-10-20-23(34)32(17-18-11-13-19(28)14-12-18)26-29-22-21(33(26)24(20)35)25(36)31(16-9-6-3)27(37)30(22)15-8-5-2/h11-14,35H,4-10,15-17H2,1-3H3. The Morgan fingerprint density at radius 2 is 1.46 bits per heavy atom. The quantitative estimate of drug-likeness (QED) is 0.330. The van der Waals surface area contributed by atoms with Gasteiger partial charge in [-0.3, -0.25) is 23.3 Å². The smallest absolute Gasteiger partial charge is 0.332 e. The highest BCUT2D eigenvalue weighted by atomic mass is 19.1. The first-order valence-corrected chi connectivity index (χ1v) is 13.1. The third kappa shape index (κ3) is 4.84. The molecule has 37 heavy (non-hydrogen) atoms. The third-order valence-corrected chi connectivity index (χ3v) is 6.74. The topological polar surface area (TPSA) is 104 Å². The minimum Gasteiger partial charge on any atom is -0.494 e. The van der Waals surface area contributed by atoms with Gasteiger partial charge in [0.2, 0.25) is 11.7 Å². The molecule has 1 N–H and O–H groups in total. The number of halogens is 1. The number of hydrogen-bond acceptors (Lipinski definition) is 5. The summed E-state index contributed by atoms with van der Waals surface area (Å²) in [7, 11) is 0. The lowest BCUT2D eigenvalue weighted by atomic mass is 10.1. The zero-order valence-corrected chi connectivity index (χ0v) is 21.7. The Morgan fingerprint density at radius 3 is 2.08 bits per heavy atom. The first kappa shape index (κ1) is 26.4. The molecule has 0 spiro atoms. The number of imidazole rings is 1. The summed E-state index contributed by atoms with van der Waals surface area (Å²) in [6.07, 6.45) is 4.77. The Kier molecular flexibility index (Phi) is 7.94. The van der Waals surface area contributed by atoms with Gasteiger partial charge in [-0.25, -0.2) is 13.6 Å². The summed E-state index contributed by atoms with van der Waals surface area (Å²) >= 11 is 0. The van der Waals surface area contributed by atoms with Gasteiger partial charge in [0.1, 0.15) is 5.82 Å². The van der Waals surface area contributed by atoms with E-state index in [1.165, 1.54) is 30.2 Å². The molecule has 0 bridgehead atoms. The second-order valence-electron chi connectivity index (χ2n) is 9.44. The number of aromatic nitrogens is 5. The van der Waals surface area contributed by atoms with Gasteiger partial charge >= 0.3 is 5.69 Å². The van der Waals surface area contributed by atoms with Gasteiger partial charge in [-0.15, -0.1) is 0 Å². The molecule has 0 amide bonds. The number of nitrogens with zero attached hydrogens (tertiary/aromatic N) is 5. The van der Waals surface area contributed by atoms with E-state index >= 15 is 0 Å². The highest BCUT2D eigenvalue weighted by Gasteiger charge is 2.25. The second-order valence-corrected chi connectivity index (χ2v) is 9.44. The van der Waals surface area contributed by atoms with Crippen LogP contribution in [-0.4, -0.2) is 28.2 Å². The van der Waals surface area contributed by atoms with Crippen molar-refractivity contribution in [1.29, 1.82) is 0 Å². The molecule has 1 aromatic carbocycles. The lowest BCUT2D eigenvalue weighted by Gasteiger charge is -2.14. The first-order valence-electron chi connectivity index (χ1n) is 13.1. The maximum Gasteiger partial charge on any atom is 0.332 e. The summed E-state index contributed by atoms with van der Waals surface area (Å²) in [6, 6.07) is 5.78. The molecule has 0 saturated heterocycles. The fraction of sp³-hybridized carbons (Fsp3) is 0.481. The fourth-order valence-electron chi connectivity index (χ4n) is 4.61. The van der Waals surface area contributed by atoms with Crippen molar-refractivity contribution in [3.63, 3.8) is 0 Å². The van der Waals surface area contributed by atoms with Crippen molar-refractivity contribution < 1.29 is 9.50 Å². The molecule has 3 aromatic heterocycles. The summed E-state index contributed by atoms with van der Waals surface area (Å²) < 4.78 is 18.9. The molecule has 0 atom stereocenters. The van der Waals surface area contributed by atoms with Crippen LogP contribution in [0, 0.1) is 5.82 Å². The van der Waals surface area contributed by atoms with Gasteiger partial charge in [0.25, 0.3) is 11.1 Å². The molecule has 0 aliphatic rings. The maximum absolute atomic E-state index is 13.7. The molecule has 3 heterocycles. The van der Waals surface area contributed by atoms with E-state index in [0.29, 0.717) is 37.8 Å². The zero-order valence-electron chi connectivity index (χ0n) is 21.7. The number of aromatic hydroxyl groups is 1. The molecule has 10 heteroatoms. The molecule has 4 rings (SSSR count). The molecule has 0 radical (unpaired) electrons. The Morgan fingerprint density at radius 1 is 0.838 bits per heavy atom. The average molecular weight is 512 g/mol. The van der Waals surface area contributed by atoms with Crippen molar-refractivity contribution in [3.8, 4) is 5.88 Å². The van der Waals surface area contributed by atoms with E-state index < -0.39 is 22.6 Å². The number of unbranched alkanes of at least 4 members (excludes halogenated alkanes) is 3. The van der Waals surface area contributed by atoms with Crippen LogP contribution in [0.2, 0.25) is 0 Å². The van der Waals surface area contributed by atoms with Crippen LogP contribution in [0.15, 0.2) is 38.6 Å². The highest BCUT2D eigenvalue weighted by molar-refractivity contribution is 5.76. The van der Waals surface area contributed by atoms with Crippen molar-refractivity contribution >= 4 is 16.9 Å². The zero-order chi connectivity index (χ0) is 26.7. The number of hydrogen-bond donors (Lipinski definition) is 1. The average Bonchev–Trinajstić information content (AvgIpc) is 3.28. The summed E-state index contributed by atoms with van der Waals surface area (Å²) in [4.78, 5) is 45.3. The minimum atomic E-state index is -0.544. The Bertz CT molecular complexity index is 1590. The van der Waals surface area contributed by atoms with E-state index in [9.17, 15) is 23.9 Å². The van der Waals surface area contributed by atoms with Crippen molar-refractivity contribution in [2.45, 2.75) is 85.4 Å². The van der Waals surface area contributed by atoms with Crippen LogP contribution in [0.1, 0.15) is 70.4 Å². The van der Waals surface area contributed by atoms with E-state index in [4.69, 9.17) is 0 Å². The van der Waals surface area contributed by atoms with Crippen LogP contribution in [0.5, 0.6) is 5.88 Å². The second kappa shape index (κ2) is 11.1. The first-order chi connectivity index (χ1) is 17.8. The van der Waals surface area contributed by atoms with Gasteiger partial charge in [0.15, 0.2) is 11.2 Å². The molecule has 0 aliphatic carbocycles. The van der Waals surface area contributed by atoms with Crippen LogP contribution in [0.4, 0.5) is 4.39 Å². The molecule has 198 valence electrons. The number of benzene rings is 1. The predicted octanol–water partition coefficient (Wildman–Crippen LogP) is 3.81. The fourth-order valence-corrected chi connectivity index (χ4v) is 4.61. The molecule has 4 aromatic rings. The van der Waals surface area contributed by atoms with Crippen molar-refractivity contribution in [3.05, 3.63) is 72.4 Å². The van der Waals surface area contributed by atoms with E-state index in [1.54, 1.807) is 12.1 Å². The van der Waals surface area contributed by atoms with Gasteiger partial charge in [-0.05, 0) is 43.4 Å². The Balaban J connectivity index is 2.12. The van der Waals surface area contributed by atoms with E-state index in [2.05, 4.69) is 4.98 Å². The minimum absolute atomic E-state index is 0.0640. The Hall–Kier alpha value is -3.69. The summed E-state index contributed by atoms with van der Waals surface area (Å²) in [5, 5.41) is 11.3. The third-order valence-electron chi connectivity index (χ3n) is 6.74. The monoisotopic (exact) mass is 511 g/mol. The van der Waals surface area contributed by atoms with Crippen LogP contribution in [0.3, 0.4) is 0 Å². The predicted molar refractivity (Wildman–Crippen MR) is 141 cm³/mol. The van der Waals surface area contributed by atoms with Gasteiger partial charge in [0.05, 0.1) is 12.1 Å². The molecule has 0 saturated carbocycles. The maximum atomic E-state index is 13.7. The summed E-state index contributed by atoms with van der Waals surface area (Å²) in [5.74, 6) is -0.655. The number of aryl methyl sites for hydroxylation is 1. The largest absolute Gasteiger partial charge is 0.494 e. The van der Waals surface area contributed by atoms with E-state index in [1.807, 2.05) is 20.8 Å². The van der Waals surface area contributed by atoms with Crippen molar-refractivity contribution in [2.24, 2.45) is 0 Å². The van der Waals surface area contributed by atoms with Crippen molar-refractivity contribution in [2.75, 3.05) is 0 Å². The lowest BCUT2D eigenvalue weighted by Crippen LogP contribution is -2.40. The number of fused-ring (bicyclic) bond motifs is 3. The molecule has 0 unspecified atom stereocenters. The summed E-state index contributed by atoms with van der Waals surface area (Å²) in [5.41, 5.74) is -0.351. The van der Waals surface area contributed by atoms with E-state index in [0.717, 1.165) is 19.3 Å². The van der Waals surface area contributed by atoms with Crippen LogP contribution < -0.4 is 16.8 Å². The molecular weight excluding hydrogens is 477 g/mol. The summed E-state index contributed by atoms with van der Waals surface area (Å²) in [6.45, 7) is 6.64. The SMILES string of the molecule is CCCCc1c(O)n2c3c(=O)n(CCCC)c(=O)n(CCCC)c3nc2n(Cc2ccc(F)cc2)c1=O. The molecule has 9 nitrogen and oxygen atoms in total. The lowest BCUT2D eigenvalue weighted by molar-refractivity contribution is 0.432. The Labute approximate surface area is 213 Å². The van der Waals surface area contributed by atoms with Crippen molar-refractivity contribution in [1.82, 2.24) is 23.1 Å². The number of rotatable bonds is 11. The van der Waals surface area contributed by atoms with Gasteiger partial charge in [0, 0.05) is 13.1 Å². The highest BCUT2D eigenvalue weighted by Crippen LogP contribution is 2.23. The van der Waals surface area contributed by atoms with Gasteiger partial charge < -0.3 is 5.11 Å².